The number of rotatable bonds is 6. The lowest BCUT2D eigenvalue weighted by Gasteiger charge is -2.21. The number of carbonyl (C=O) groups excluding carboxylic acids is 1. The van der Waals surface area contributed by atoms with Crippen molar-refractivity contribution < 1.29 is 9.18 Å². The minimum absolute atomic E-state index is 0.0441. The summed E-state index contributed by atoms with van der Waals surface area (Å²) in [5, 5.41) is 12.2. The number of hydrogen-bond acceptors (Lipinski definition) is 3. The Kier molecular flexibility index (Phi) is 6.38. The number of nitrogens with one attached hydrogen (secondary N) is 1. The largest absolute Gasteiger partial charge is 0.370 e. The van der Waals surface area contributed by atoms with Gasteiger partial charge >= 0.3 is 0 Å². The van der Waals surface area contributed by atoms with Crippen molar-refractivity contribution in [2.45, 2.75) is 46.6 Å². The standard InChI is InChI=1S/C23H27FN4O/c1-4-10-28-16(2)13-18(17(28)3)14-19(15-25)23(29)26-22-20(24)8-7-9-21(22)27-11-5-6-12-27/h7-9,13-14H,4-6,10-12H2,1-3H3,(H,26,29)/b19-14+. The Morgan fingerprint density at radius 2 is 2.03 bits per heavy atom. The number of halogens is 1. The zero-order valence-corrected chi connectivity index (χ0v) is 17.3. The van der Waals surface area contributed by atoms with Crippen molar-refractivity contribution in [3.63, 3.8) is 0 Å². The molecule has 5 nitrogen and oxygen atoms in total. The molecule has 1 saturated heterocycles. The van der Waals surface area contributed by atoms with E-state index in [0.717, 1.165) is 55.8 Å². The molecule has 1 amide bonds. The van der Waals surface area contributed by atoms with Gasteiger partial charge in [0.05, 0.1) is 5.69 Å². The van der Waals surface area contributed by atoms with Crippen molar-refractivity contribution >= 4 is 23.4 Å². The molecule has 1 aliphatic rings. The summed E-state index contributed by atoms with van der Waals surface area (Å²) in [6, 6.07) is 8.70. The summed E-state index contributed by atoms with van der Waals surface area (Å²) >= 11 is 0. The monoisotopic (exact) mass is 394 g/mol. The molecule has 1 fully saturated rings. The average Bonchev–Trinajstić information content (AvgIpc) is 3.32. The first-order valence-electron chi connectivity index (χ1n) is 10.1. The van der Waals surface area contributed by atoms with Crippen molar-refractivity contribution in [1.29, 1.82) is 5.26 Å². The SMILES string of the molecule is CCCn1c(C)cc(/C=C(\C#N)C(=O)Nc2c(F)cccc2N2CCCC2)c1C. The van der Waals surface area contributed by atoms with Crippen LogP contribution < -0.4 is 10.2 Å². The van der Waals surface area contributed by atoms with Gasteiger partial charge in [-0.1, -0.05) is 13.0 Å². The Morgan fingerprint density at radius 3 is 2.69 bits per heavy atom. The maximum absolute atomic E-state index is 14.5. The van der Waals surface area contributed by atoms with E-state index < -0.39 is 11.7 Å². The summed E-state index contributed by atoms with van der Waals surface area (Å²) in [6.07, 6.45) is 4.67. The number of nitrogens with zero attached hydrogens (tertiary/aromatic N) is 3. The number of carbonyl (C=O) groups is 1. The molecular weight excluding hydrogens is 367 g/mol. The summed E-state index contributed by atoms with van der Waals surface area (Å²) in [5.74, 6) is -1.10. The van der Waals surface area contributed by atoms with Gasteiger partial charge in [-0.25, -0.2) is 4.39 Å². The van der Waals surface area contributed by atoms with E-state index in [2.05, 4.69) is 21.7 Å². The first kappa shape index (κ1) is 20.7. The van der Waals surface area contributed by atoms with Crippen molar-refractivity contribution in [2.75, 3.05) is 23.3 Å². The van der Waals surface area contributed by atoms with Gasteiger partial charge in [0.25, 0.3) is 5.91 Å². The number of anilines is 2. The van der Waals surface area contributed by atoms with Crippen LogP contribution in [0.4, 0.5) is 15.8 Å². The van der Waals surface area contributed by atoms with Crippen LogP contribution in [0.2, 0.25) is 0 Å². The molecule has 2 heterocycles. The van der Waals surface area contributed by atoms with Gasteiger partial charge in [0.2, 0.25) is 0 Å². The van der Waals surface area contributed by atoms with Crippen LogP contribution in [0.15, 0.2) is 29.8 Å². The smallest absolute Gasteiger partial charge is 0.266 e. The second kappa shape index (κ2) is 8.95. The van der Waals surface area contributed by atoms with Crippen LogP contribution >= 0.6 is 0 Å². The van der Waals surface area contributed by atoms with E-state index in [0.29, 0.717) is 5.69 Å². The first-order chi connectivity index (χ1) is 14.0. The van der Waals surface area contributed by atoms with E-state index in [1.54, 1.807) is 18.2 Å². The second-order valence-electron chi connectivity index (χ2n) is 7.43. The molecular formula is C23H27FN4O. The van der Waals surface area contributed by atoms with Crippen LogP contribution in [0.1, 0.15) is 43.1 Å². The van der Waals surface area contributed by atoms with Gasteiger partial charge in [0.15, 0.2) is 0 Å². The molecule has 152 valence electrons. The molecule has 1 aromatic carbocycles. The Bertz CT molecular complexity index is 977. The fraction of sp³-hybridized carbons (Fsp3) is 0.391. The Morgan fingerprint density at radius 1 is 1.31 bits per heavy atom. The van der Waals surface area contributed by atoms with Gasteiger partial charge in [-0.2, -0.15) is 5.26 Å². The molecule has 1 aromatic heterocycles. The molecule has 0 saturated carbocycles. The van der Waals surface area contributed by atoms with Gasteiger partial charge in [-0.05, 0) is 62.9 Å². The average molecular weight is 394 g/mol. The molecule has 0 atom stereocenters. The van der Waals surface area contributed by atoms with Crippen molar-refractivity contribution in [2.24, 2.45) is 0 Å². The van der Waals surface area contributed by atoms with Crippen molar-refractivity contribution in [3.8, 4) is 6.07 Å². The summed E-state index contributed by atoms with van der Waals surface area (Å²) in [5.41, 5.74) is 3.67. The summed E-state index contributed by atoms with van der Waals surface area (Å²) in [6.45, 7) is 8.63. The second-order valence-corrected chi connectivity index (χ2v) is 7.43. The van der Waals surface area contributed by atoms with E-state index in [9.17, 15) is 14.4 Å². The highest BCUT2D eigenvalue weighted by Gasteiger charge is 2.21. The van der Waals surface area contributed by atoms with Crippen molar-refractivity contribution in [3.05, 3.63) is 52.6 Å². The molecule has 0 unspecified atom stereocenters. The lowest BCUT2D eigenvalue weighted by atomic mass is 10.1. The lowest BCUT2D eigenvalue weighted by molar-refractivity contribution is -0.112. The van der Waals surface area contributed by atoms with E-state index in [1.165, 1.54) is 6.07 Å². The summed E-state index contributed by atoms with van der Waals surface area (Å²) < 4.78 is 16.7. The minimum atomic E-state index is -0.599. The highest BCUT2D eigenvalue weighted by atomic mass is 19.1. The van der Waals surface area contributed by atoms with Crippen LogP contribution in [0.5, 0.6) is 0 Å². The van der Waals surface area contributed by atoms with Crippen LogP contribution in [0.3, 0.4) is 0 Å². The number of para-hydroxylation sites is 1. The molecule has 0 spiro atoms. The number of benzene rings is 1. The highest BCUT2D eigenvalue weighted by molar-refractivity contribution is 6.11. The molecule has 6 heteroatoms. The Hall–Kier alpha value is -3.07. The normalized spacial score (nSPS) is 14.2. The van der Waals surface area contributed by atoms with E-state index in [-0.39, 0.29) is 11.3 Å². The van der Waals surface area contributed by atoms with Crippen molar-refractivity contribution in [1.82, 2.24) is 4.57 Å². The maximum atomic E-state index is 14.5. The maximum Gasteiger partial charge on any atom is 0.266 e. The summed E-state index contributed by atoms with van der Waals surface area (Å²) in [7, 11) is 0. The summed E-state index contributed by atoms with van der Waals surface area (Å²) in [4.78, 5) is 14.9. The number of aryl methyl sites for hydroxylation is 1. The van der Waals surface area contributed by atoms with Gasteiger partial charge in [0.1, 0.15) is 23.1 Å². The molecule has 1 aliphatic heterocycles. The van der Waals surface area contributed by atoms with Crippen LogP contribution in [-0.2, 0) is 11.3 Å². The fourth-order valence-corrected chi connectivity index (χ4v) is 3.88. The van der Waals surface area contributed by atoms with Gasteiger partial charge in [-0.15, -0.1) is 0 Å². The predicted molar refractivity (Wildman–Crippen MR) is 114 cm³/mol. The first-order valence-corrected chi connectivity index (χ1v) is 10.1. The number of aromatic nitrogens is 1. The zero-order chi connectivity index (χ0) is 21.0. The van der Waals surface area contributed by atoms with E-state index in [1.807, 2.05) is 26.0 Å². The molecule has 1 N–H and O–H groups in total. The molecule has 29 heavy (non-hydrogen) atoms. The predicted octanol–water partition coefficient (Wildman–Crippen LogP) is 4.80. The molecule has 0 radical (unpaired) electrons. The molecule has 0 aliphatic carbocycles. The third-order valence-corrected chi connectivity index (χ3v) is 5.40. The quantitative estimate of drug-likeness (QED) is 0.565. The number of hydrogen-bond donors (Lipinski definition) is 1. The van der Waals surface area contributed by atoms with Crippen LogP contribution in [0, 0.1) is 31.0 Å². The fourth-order valence-electron chi connectivity index (χ4n) is 3.88. The van der Waals surface area contributed by atoms with Crippen LogP contribution in [0.25, 0.3) is 6.08 Å². The third-order valence-electron chi connectivity index (χ3n) is 5.40. The lowest BCUT2D eigenvalue weighted by Crippen LogP contribution is -2.22. The van der Waals surface area contributed by atoms with Gasteiger partial charge < -0.3 is 14.8 Å². The Labute approximate surface area is 171 Å². The minimum Gasteiger partial charge on any atom is -0.370 e. The highest BCUT2D eigenvalue weighted by Crippen LogP contribution is 2.31. The molecule has 0 bridgehead atoms. The molecule has 2 aromatic rings. The van der Waals surface area contributed by atoms with E-state index in [4.69, 9.17) is 0 Å². The van der Waals surface area contributed by atoms with Gasteiger partial charge in [-0.3, -0.25) is 4.79 Å². The third kappa shape index (κ3) is 4.34. The van der Waals surface area contributed by atoms with Gasteiger partial charge in [0, 0.05) is 31.0 Å². The van der Waals surface area contributed by atoms with E-state index >= 15 is 0 Å². The zero-order valence-electron chi connectivity index (χ0n) is 17.3. The topological polar surface area (TPSA) is 61.1 Å². The molecule has 3 rings (SSSR count). The Balaban J connectivity index is 1.90. The number of nitriles is 1. The number of amides is 1. The van der Waals surface area contributed by atoms with Crippen LogP contribution in [-0.4, -0.2) is 23.6 Å².